The van der Waals surface area contributed by atoms with Crippen LogP contribution in [0.15, 0.2) is 49.7 Å². The van der Waals surface area contributed by atoms with Gasteiger partial charge in [-0.05, 0) is 83.3 Å². The van der Waals surface area contributed by atoms with E-state index in [1.807, 2.05) is 19.1 Å². The number of esters is 2. The van der Waals surface area contributed by atoms with Gasteiger partial charge < -0.3 is 23.8 Å². The molecule has 10 nitrogen and oxygen atoms in total. The van der Waals surface area contributed by atoms with E-state index in [9.17, 15) is 19.2 Å². The minimum absolute atomic E-state index is 0.0753. The molecular formula is C41H55ClN2O8. The number of pyridine rings is 1. The fourth-order valence-corrected chi connectivity index (χ4v) is 7.79. The third-order valence-electron chi connectivity index (χ3n) is 10.2. The van der Waals surface area contributed by atoms with Gasteiger partial charge in [-0.25, -0.2) is 4.98 Å². The Bertz CT molecular complexity index is 1650. The molecule has 2 aromatic rings. The zero-order valence-electron chi connectivity index (χ0n) is 31.7. The Hall–Kier alpha value is -3.92. The monoisotopic (exact) mass is 738 g/mol. The first-order valence-electron chi connectivity index (χ1n) is 18.3. The number of hydrogen-bond donors (Lipinski definition) is 0. The number of benzene rings is 1. The quantitative estimate of drug-likeness (QED) is 0.111. The second kappa shape index (κ2) is 17.3. The van der Waals surface area contributed by atoms with Crippen LogP contribution >= 0.6 is 11.6 Å². The van der Waals surface area contributed by atoms with E-state index in [1.54, 1.807) is 50.8 Å². The number of carbonyl (C=O) groups is 4. The van der Waals surface area contributed by atoms with Crippen LogP contribution in [-0.4, -0.2) is 71.5 Å². The average molecular weight is 739 g/mol. The lowest BCUT2D eigenvalue weighted by atomic mass is 9.82. The zero-order valence-corrected chi connectivity index (χ0v) is 32.5. The summed E-state index contributed by atoms with van der Waals surface area (Å²) in [6.07, 6.45) is 7.27. The summed E-state index contributed by atoms with van der Waals surface area (Å²) >= 11 is 6.56. The van der Waals surface area contributed by atoms with Gasteiger partial charge in [-0.3, -0.25) is 19.2 Å². The number of likely N-dealkylation sites (tertiary alicyclic amines) is 1. The first-order chi connectivity index (χ1) is 24.6. The Morgan fingerprint density at radius 2 is 1.90 bits per heavy atom. The first-order valence-corrected chi connectivity index (χ1v) is 18.7. The molecule has 1 aliphatic carbocycles. The third kappa shape index (κ3) is 9.54. The molecule has 11 heteroatoms. The highest BCUT2D eigenvalue weighted by molar-refractivity contribution is 6.36. The van der Waals surface area contributed by atoms with E-state index in [1.165, 1.54) is 13.3 Å². The number of amides is 1. The van der Waals surface area contributed by atoms with E-state index in [0.29, 0.717) is 34.4 Å². The van der Waals surface area contributed by atoms with Crippen molar-refractivity contribution in [3.05, 3.63) is 54.7 Å². The van der Waals surface area contributed by atoms with Crippen LogP contribution in [0, 0.1) is 29.1 Å². The van der Waals surface area contributed by atoms with Gasteiger partial charge in [-0.15, -0.1) is 13.2 Å². The lowest BCUT2D eigenvalue weighted by Gasteiger charge is -2.32. The summed E-state index contributed by atoms with van der Waals surface area (Å²) in [5.41, 5.74) is -1.75. The van der Waals surface area contributed by atoms with Crippen LogP contribution in [0.1, 0.15) is 86.5 Å². The van der Waals surface area contributed by atoms with Crippen molar-refractivity contribution in [3.8, 4) is 11.6 Å². The predicted molar refractivity (Wildman–Crippen MR) is 201 cm³/mol. The van der Waals surface area contributed by atoms with Crippen LogP contribution in [0.3, 0.4) is 0 Å². The molecule has 1 aromatic heterocycles. The normalized spacial score (nSPS) is 22.9. The Morgan fingerprint density at radius 3 is 2.52 bits per heavy atom. The maximum Gasteiger partial charge on any atom is 0.313 e. The number of nitrogens with zero attached hydrogens (tertiary/aromatic N) is 2. The minimum Gasteiger partial charge on any atom is -0.494 e. The van der Waals surface area contributed by atoms with Gasteiger partial charge in [-0.2, -0.15) is 0 Å². The second-order valence-electron chi connectivity index (χ2n) is 15.4. The summed E-state index contributed by atoms with van der Waals surface area (Å²) in [5, 5.41) is 1.72. The molecule has 1 saturated heterocycles. The molecule has 0 radical (unpaired) electrons. The number of aromatic nitrogens is 1. The number of methoxy groups -OCH3 is 1. The number of hydrogen-bond acceptors (Lipinski definition) is 9. The Balaban J connectivity index is 1.70. The molecule has 0 spiro atoms. The van der Waals surface area contributed by atoms with Gasteiger partial charge in [0, 0.05) is 23.6 Å². The summed E-state index contributed by atoms with van der Waals surface area (Å²) < 4.78 is 23.1. The largest absolute Gasteiger partial charge is 0.494 e. The van der Waals surface area contributed by atoms with Gasteiger partial charge in [0.1, 0.15) is 17.5 Å². The first kappa shape index (κ1) is 40.8. The molecule has 1 aliphatic heterocycles. The standard InChI is InChI=1S/C41H55ClN2O8/c1-10-13-15-25(4)18-26(5)30(20-35(46)52-40(6,7)8)38(47)44-24-28(51-37-29-16-14-17-31(42)36(29)34(49-9)23-43-37)19-32(44)33(45)22-41(21-27(41)11-2)39(48)50-12-3/h10-11,14,16-17,23,25-28,30,32H,1-2,12-13,15,18-22,24H2,3-9H3/t25?,26-,27-,28-,30?,32+,41-/m1/s1. The van der Waals surface area contributed by atoms with Crippen molar-refractivity contribution in [1.82, 2.24) is 9.88 Å². The number of ketones is 1. The molecule has 4 rings (SSSR count). The van der Waals surface area contributed by atoms with Crippen LogP contribution in [0.4, 0.5) is 0 Å². The average Bonchev–Trinajstić information content (AvgIpc) is 3.64. The number of rotatable bonds is 18. The second-order valence-corrected chi connectivity index (χ2v) is 15.8. The van der Waals surface area contributed by atoms with E-state index in [4.69, 9.17) is 30.5 Å². The highest BCUT2D eigenvalue weighted by Gasteiger charge is 2.61. The lowest BCUT2D eigenvalue weighted by molar-refractivity contribution is -0.160. The summed E-state index contributed by atoms with van der Waals surface area (Å²) in [6, 6.07) is 4.45. The van der Waals surface area contributed by atoms with Gasteiger partial charge >= 0.3 is 11.9 Å². The summed E-state index contributed by atoms with van der Waals surface area (Å²) in [7, 11) is 1.53. The number of Topliss-reactive ketones (excluding diaryl/α,β-unsaturated/α-hetero) is 1. The molecule has 1 saturated carbocycles. The predicted octanol–water partition coefficient (Wildman–Crippen LogP) is 7.94. The molecule has 2 heterocycles. The maximum atomic E-state index is 14.8. The van der Waals surface area contributed by atoms with Crippen molar-refractivity contribution in [2.45, 2.75) is 104 Å². The minimum atomic E-state index is -1.02. The molecule has 7 atom stereocenters. The number of fused-ring (bicyclic) bond motifs is 1. The number of halogens is 1. The van der Waals surface area contributed by atoms with Crippen molar-refractivity contribution < 1.29 is 38.1 Å². The Kier molecular flexibility index (Phi) is 13.6. The van der Waals surface area contributed by atoms with Crippen LogP contribution in [-0.2, 0) is 28.7 Å². The van der Waals surface area contributed by atoms with Gasteiger partial charge in [-0.1, -0.05) is 43.7 Å². The van der Waals surface area contributed by atoms with Crippen LogP contribution < -0.4 is 9.47 Å². The smallest absolute Gasteiger partial charge is 0.313 e. The maximum absolute atomic E-state index is 14.8. The number of ether oxygens (including phenoxy) is 4. The van der Waals surface area contributed by atoms with E-state index in [-0.39, 0.29) is 67.7 Å². The van der Waals surface area contributed by atoms with E-state index in [0.717, 1.165) is 12.8 Å². The van der Waals surface area contributed by atoms with Crippen molar-refractivity contribution in [3.63, 3.8) is 0 Å². The number of carbonyl (C=O) groups excluding carboxylic acids is 4. The molecule has 2 aliphatic rings. The van der Waals surface area contributed by atoms with Crippen LogP contribution in [0.5, 0.6) is 11.6 Å². The van der Waals surface area contributed by atoms with Gasteiger partial charge in [0.15, 0.2) is 5.78 Å². The molecule has 2 unspecified atom stereocenters. The lowest BCUT2D eigenvalue weighted by Crippen LogP contribution is -2.47. The van der Waals surface area contributed by atoms with E-state index >= 15 is 0 Å². The SMILES string of the molecule is C=CCCC(C)C[C@@H](C)C(CC(=O)OC(C)(C)C)C(=O)N1C[C@H](Oc2ncc(OC)c3c(Cl)cccc23)C[C@H]1C(=O)C[C@]1(C(=O)OCC)C[C@H]1C=C. The number of allylic oxidation sites excluding steroid dienone is 2. The molecule has 52 heavy (non-hydrogen) atoms. The van der Waals surface area contributed by atoms with Crippen molar-refractivity contribution in [1.29, 1.82) is 0 Å². The molecule has 0 bridgehead atoms. The van der Waals surface area contributed by atoms with Crippen LogP contribution in [0.2, 0.25) is 5.02 Å². The van der Waals surface area contributed by atoms with Crippen molar-refractivity contribution in [2.24, 2.45) is 29.1 Å². The third-order valence-corrected chi connectivity index (χ3v) is 10.6. The Labute approximate surface area is 313 Å². The highest BCUT2D eigenvalue weighted by Crippen LogP contribution is 2.57. The zero-order chi connectivity index (χ0) is 38.4. The topological polar surface area (TPSA) is 121 Å². The molecule has 1 aromatic carbocycles. The van der Waals surface area contributed by atoms with Gasteiger partial charge in [0.2, 0.25) is 11.8 Å². The van der Waals surface area contributed by atoms with Gasteiger partial charge in [0.25, 0.3) is 0 Å². The summed E-state index contributed by atoms with van der Waals surface area (Å²) in [4.78, 5) is 61.7. The molecule has 0 N–H and O–H groups in total. The molecule has 2 fully saturated rings. The van der Waals surface area contributed by atoms with Crippen LogP contribution in [0.25, 0.3) is 10.8 Å². The van der Waals surface area contributed by atoms with Crippen molar-refractivity contribution in [2.75, 3.05) is 20.3 Å². The summed E-state index contributed by atoms with van der Waals surface area (Å²) in [6.45, 7) is 19.2. The van der Waals surface area contributed by atoms with Gasteiger partial charge in [0.05, 0.1) is 55.3 Å². The van der Waals surface area contributed by atoms with E-state index < -0.39 is 41.0 Å². The highest BCUT2D eigenvalue weighted by atomic mass is 35.5. The summed E-state index contributed by atoms with van der Waals surface area (Å²) in [5.74, 6) is -1.63. The molecule has 284 valence electrons. The molecule has 1 amide bonds. The fraction of sp³-hybridized carbons (Fsp3) is 0.585. The Morgan fingerprint density at radius 1 is 1.17 bits per heavy atom. The fourth-order valence-electron chi connectivity index (χ4n) is 7.53. The van der Waals surface area contributed by atoms with E-state index in [2.05, 4.69) is 25.1 Å². The molecular weight excluding hydrogens is 684 g/mol. The van der Waals surface area contributed by atoms with Crippen molar-refractivity contribution >= 4 is 46.0 Å².